The first-order valence-electron chi connectivity index (χ1n) is 10.5. The van der Waals surface area contributed by atoms with Crippen LogP contribution < -0.4 is 5.32 Å². The molecule has 0 heterocycles. The van der Waals surface area contributed by atoms with E-state index in [0.717, 1.165) is 18.4 Å². The van der Waals surface area contributed by atoms with Gasteiger partial charge in [0.25, 0.3) is 0 Å². The first kappa shape index (κ1) is 27.8. The van der Waals surface area contributed by atoms with Gasteiger partial charge in [0, 0.05) is 19.8 Å². The molecule has 0 bridgehead atoms. The Morgan fingerprint density at radius 3 is 1.93 bits per heavy atom. The Bertz CT molecular complexity index is 506. The second kappa shape index (κ2) is 13.9. The van der Waals surface area contributed by atoms with Crippen LogP contribution in [0.2, 0.25) is 0 Å². The van der Waals surface area contributed by atoms with Crippen molar-refractivity contribution in [2.75, 3.05) is 33.1 Å². The second-order valence-corrected chi connectivity index (χ2v) is 10.4. The van der Waals surface area contributed by atoms with Crippen LogP contribution in [0.5, 0.6) is 0 Å². The number of hydrogen-bond donors (Lipinski definition) is 1. The summed E-state index contributed by atoms with van der Waals surface area (Å²) in [6.45, 7) is 17.5. The Balaban J connectivity index is 5.23. The van der Waals surface area contributed by atoms with Crippen LogP contribution in [0.3, 0.4) is 0 Å². The lowest BCUT2D eigenvalue weighted by atomic mass is 9.81. The van der Waals surface area contributed by atoms with E-state index in [1.807, 2.05) is 20.8 Å². The van der Waals surface area contributed by atoms with E-state index in [-0.39, 0.29) is 23.9 Å². The van der Waals surface area contributed by atoms with Crippen molar-refractivity contribution in [2.24, 2.45) is 11.3 Å². The van der Waals surface area contributed by atoms with Gasteiger partial charge in [0.15, 0.2) is 0 Å². The highest BCUT2D eigenvalue weighted by molar-refractivity contribution is 6.61. The SMILES string of the molecule is C=C(CC(CC(=O)OC)C(=O)NC[Si](OCC)(OCC)OCC)CC(C)(C)CC. The van der Waals surface area contributed by atoms with Crippen LogP contribution in [0, 0.1) is 11.3 Å². The van der Waals surface area contributed by atoms with Crippen molar-refractivity contribution in [1.29, 1.82) is 0 Å². The van der Waals surface area contributed by atoms with E-state index < -0.39 is 20.7 Å². The summed E-state index contributed by atoms with van der Waals surface area (Å²) in [4.78, 5) is 24.8. The van der Waals surface area contributed by atoms with Crippen LogP contribution >= 0.6 is 0 Å². The number of rotatable bonds is 16. The molecule has 0 aromatic rings. The van der Waals surface area contributed by atoms with Crippen LogP contribution in [0.1, 0.15) is 67.2 Å². The van der Waals surface area contributed by atoms with Crippen molar-refractivity contribution in [3.8, 4) is 0 Å². The van der Waals surface area contributed by atoms with Crippen LogP contribution in [0.4, 0.5) is 0 Å². The van der Waals surface area contributed by atoms with Crippen molar-refractivity contribution in [1.82, 2.24) is 5.32 Å². The molecule has 0 aliphatic heterocycles. The van der Waals surface area contributed by atoms with Gasteiger partial charge in [-0.2, -0.15) is 0 Å². The molecule has 1 atom stereocenters. The maximum atomic E-state index is 12.9. The molecular formula is C21H41NO6Si. The van der Waals surface area contributed by atoms with Crippen molar-refractivity contribution in [3.63, 3.8) is 0 Å². The Hall–Kier alpha value is -1.22. The first-order chi connectivity index (χ1) is 13.6. The van der Waals surface area contributed by atoms with Crippen LogP contribution in [-0.2, 0) is 27.6 Å². The van der Waals surface area contributed by atoms with E-state index in [1.165, 1.54) is 7.11 Å². The molecule has 0 fully saturated rings. The molecule has 8 heteroatoms. The van der Waals surface area contributed by atoms with Gasteiger partial charge in [-0.05, 0) is 39.0 Å². The molecule has 0 aliphatic rings. The number of allylic oxidation sites excluding steroid dienone is 1. The molecule has 0 aromatic heterocycles. The van der Waals surface area contributed by atoms with Gasteiger partial charge in [0.05, 0.1) is 25.6 Å². The Morgan fingerprint density at radius 2 is 1.52 bits per heavy atom. The van der Waals surface area contributed by atoms with Gasteiger partial charge < -0.3 is 23.3 Å². The third-order valence-electron chi connectivity index (χ3n) is 4.80. The average Bonchev–Trinajstić information content (AvgIpc) is 2.65. The molecule has 0 rings (SSSR count). The van der Waals surface area contributed by atoms with Gasteiger partial charge in [-0.1, -0.05) is 39.3 Å². The summed E-state index contributed by atoms with van der Waals surface area (Å²) in [6, 6.07) is 0. The molecule has 0 radical (unpaired) electrons. The summed E-state index contributed by atoms with van der Waals surface area (Å²) in [6.07, 6.45) is 2.39. The number of carbonyl (C=O) groups excluding carboxylic acids is 2. The zero-order valence-electron chi connectivity index (χ0n) is 19.4. The molecule has 29 heavy (non-hydrogen) atoms. The fourth-order valence-corrected chi connectivity index (χ4v) is 5.31. The minimum atomic E-state index is -3.01. The predicted octanol–water partition coefficient (Wildman–Crippen LogP) is 3.64. The lowest BCUT2D eigenvalue weighted by molar-refractivity contribution is -0.144. The normalized spacial score (nSPS) is 13.1. The van der Waals surface area contributed by atoms with Crippen LogP contribution in [0.25, 0.3) is 0 Å². The predicted molar refractivity (Wildman–Crippen MR) is 116 cm³/mol. The topological polar surface area (TPSA) is 83.1 Å². The monoisotopic (exact) mass is 431 g/mol. The highest BCUT2D eigenvalue weighted by Crippen LogP contribution is 2.31. The third kappa shape index (κ3) is 10.9. The number of carbonyl (C=O) groups is 2. The van der Waals surface area contributed by atoms with Gasteiger partial charge in [0.2, 0.25) is 5.91 Å². The summed E-state index contributed by atoms with van der Waals surface area (Å²) >= 11 is 0. The minimum absolute atomic E-state index is 0.000364. The highest BCUT2D eigenvalue weighted by Gasteiger charge is 2.41. The summed E-state index contributed by atoms with van der Waals surface area (Å²) < 4.78 is 22.1. The van der Waals surface area contributed by atoms with Gasteiger partial charge in [-0.3, -0.25) is 9.59 Å². The smallest absolute Gasteiger partial charge is 0.469 e. The summed E-state index contributed by atoms with van der Waals surface area (Å²) in [5.41, 5.74) is 1.05. The molecule has 1 N–H and O–H groups in total. The quantitative estimate of drug-likeness (QED) is 0.228. The van der Waals surface area contributed by atoms with Gasteiger partial charge >= 0.3 is 14.8 Å². The fourth-order valence-electron chi connectivity index (χ4n) is 3.04. The molecule has 7 nitrogen and oxygen atoms in total. The maximum Gasteiger partial charge on any atom is 0.521 e. The van der Waals surface area contributed by atoms with Crippen molar-refractivity contribution in [2.45, 2.75) is 67.2 Å². The molecule has 1 unspecified atom stereocenters. The standard InChI is InChI=1S/C21H41NO6Si/c1-9-21(6,7)15-17(5)13-18(14-19(23)25-8)20(24)22-16-29(26-10-2,27-11-3)28-12-4/h18H,5,9-16H2,1-4,6-8H3,(H,22,24). The van der Waals surface area contributed by atoms with E-state index >= 15 is 0 Å². The number of amides is 1. The Morgan fingerprint density at radius 1 is 1.00 bits per heavy atom. The molecule has 0 saturated carbocycles. The third-order valence-corrected chi connectivity index (χ3v) is 7.60. The largest absolute Gasteiger partial charge is 0.521 e. The molecule has 0 aromatic carbocycles. The number of esters is 1. The van der Waals surface area contributed by atoms with Gasteiger partial charge in [-0.15, -0.1) is 0 Å². The maximum absolute atomic E-state index is 12.9. The summed E-state index contributed by atoms with van der Waals surface area (Å²) in [7, 11) is -1.68. The highest BCUT2D eigenvalue weighted by atomic mass is 28.4. The van der Waals surface area contributed by atoms with Crippen molar-refractivity contribution < 1.29 is 27.6 Å². The Labute approximate surface area is 177 Å². The van der Waals surface area contributed by atoms with Crippen molar-refractivity contribution >= 4 is 20.7 Å². The first-order valence-corrected chi connectivity index (χ1v) is 12.4. The van der Waals surface area contributed by atoms with Crippen LogP contribution in [0.15, 0.2) is 12.2 Å². The van der Waals surface area contributed by atoms with Crippen molar-refractivity contribution in [3.05, 3.63) is 12.2 Å². The average molecular weight is 432 g/mol. The number of ether oxygens (including phenoxy) is 1. The zero-order valence-corrected chi connectivity index (χ0v) is 20.4. The summed E-state index contributed by atoms with van der Waals surface area (Å²) in [5, 5.41) is 2.89. The van der Waals surface area contributed by atoms with Gasteiger partial charge in [-0.25, -0.2) is 0 Å². The van der Waals surface area contributed by atoms with Gasteiger partial charge in [0.1, 0.15) is 0 Å². The number of nitrogens with one attached hydrogen (secondary N) is 1. The number of methoxy groups -OCH3 is 1. The fraction of sp³-hybridized carbons (Fsp3) is 0.810. The lowest BCUT2D eigenvalue weighted by Gasteiger charge is -2.29. The minimum Gasteiger partial charge on any atom is -0.469 e. The molecule has 0 spiro atoms. The molecular weight excluding hydrogens is 390 g/mol. The van der Waals surface area contributed by atoms with E-state index in [4.69, 9.17) is 18.0 Å². The molecule has 170 valence electrons. The van der Waals surface area contributed by atoms with E-state index in [1.54, 1.807) is 0 Å². The molecule has 0 aliphatic carbocycles. The van der Waals surface area contributed by atoms with E-state index in [9.17, 15) is 9.59 Å². The van der Waals surface area contributed by atoms with Crippen LogP contribution in [-0.4, -0.2) is 53.8 Å². The zero-order chi connectivity index (χ0) is 22.5. The van der Waals surface area contributed by atoms with E-state index in [0.29, 0.717) is 26.2 Å². The number of hydrogen-bond acceptors (Lipinski definition) is 6. The lowest BCUT2D eigenvalue weighted by Crippen LogP contribution is -2.56. The molecule has 0 saturated heterocycles. The summed E-state index contributed by atoms with van der Waals surface area (Å²) in [5.74, 6) is -1.23. The molecule has 1 amide bonds. The van der Waals surface area contributed by atoms with E-state index in [2.05, 4.69) is 32.7 Å². The second-order valence-electron chi connectivity index (χ2n) is 7.83. The Kier molecular flexibility index (Phi) is 13.3.